The maximum Gasteiger partial charge on any atom is 0.227 e. The van der Waals surface area contributed by atoms with Crippen molar-refractivity contribution in [3.05, 3.63) is 39.8 Å². The minimum atomic E-state index is 0.126. The van der Waals surface area contributed by atoms with Crippen molar-refractivity contribution in [1.82, 2.24) is 14.8 Å². The molecule has 6 nitrogen and oxygen atoms in total. The Hall–Kier alpha value is -2.12. The quantitative estimate of drug-likeness (QED) is 0.776. The van der Waals surface area contributed by atoms with E-state index in [4.69, 9.17) is 9.47 Å². The molecular weight excluding hydrogens is 350 g/mol. The van der Waals surface area contributed by atoms with Gasteiger partial charge in [0.25, 0.3) is 0 Å². The van der Waals surface area contributed by atoms with Gasteiger partial charge >= 0.3 is 0 Å². The van der Waals surface area contributed by atoms with Crippen molar-refractivity contribution < 1.29 is 14.3 Å². The summed E-state index contributed by atoms with van der Waals surface area (Å²) in [6, 6.07) is 5.55. The highest BCUT2D eigenvalue weighted by atomic mass is 32.1. The van der Waals surface area contributed by atoms with Crippen molar-refractivity contribution in [2.24, 2.45) is 0 Å². The highest BCUT2D eigenvalue weighted by molar-refractivity contribution is 7.09. The Kier molecular flexibility index (Phi) is 6.11. The molecular formula is C19H25N3O3S. The van der Waals surface area contributed by atoms with E-state index >= 15 is 0 Å². The van der Waals surface area contributed by atoms with Crippen LogP contribution in [0.1, 0.15) is 16.3 Å². The van der Waals surface area contributed by atoms with E-state index in [1.54, 1.807) is 25.6 Å². The van der Waals surface area contributed by atoms with Crippen LogP contribution in [0.5, 0.6) is 11.5 Å². The fraction of sp³-hybridized carbons (Fsp3) is 0.474. The van der Waals surface area contributed by atoms with Crippen LogP contribution in [0.2, 0.25) is 0 Å². The average molecular weight is 375 g/mol. The number of nitrogens with zero attached hydrogens (tertiary/aromatic N) is 3. The van der Waals surface area contributed by atoms with E-state index in [1.807, 2.05) is 30.0 Å². The first-order valence-electron chi connectivity index (χ1n) is 8.71. The molecule has 0 aliphatic carbocycles. The van der Waals surface area contributed by atoms with Crippen LogP contribution in [0.15, 0.2) is 23.6 Å². The molecule has 0 spiro atoms. The van der Waals surface area contributed by atoms with Gasteiger partial charge in [-0.3, -0.25) is 9.69 Å². The third-order valence-corrected chi connectivity index (χ3v) is 5.43. The summed E-state index contributed by atoms with van der Waals surface area (Å²) in [6.45, 7) is 6.12. The monoisotopic (exact) mass is 375 g/mol. The Labute approximate surface area is 158 Å². The molecule has 2 heterocycles. The molecule has 1 aromatic carbocycles. The lowest BCUT2D eigenvalue weighted by molar-refractivity contribution is -0.132. The summed E-state index contributed by atoms with van der Waals surface area (Å²) in [4.78, 5) is 21.5. The molecule has 0 N–H and O–H groups in total. The molecule has 1 fully saturated rings. The first kappa shape index (κ1) is 18.7. The SMILES string of the molecule is COc1ccc(OC)c(CC(=O)N2CCN(Cc3csc(C)n3)CC2)c1. The Bertz CT molecular complexity index is 754. The first-order chi connectivity index (χ1) is 12.6. The van der Waals surface area contributed by atoms with E-state index in [1.165, 1.54) is 0 Å². The number of piperazine rings is 1. The van der Waals surface area contributed by atoms with E-state index in [2.05, 4.69) is 15.3 Å². The van der Waals surface area contributed by atoms with Crippen molar-refractivity contribution in [2.75, 3.05) is 40.4 Å². The minimum absolute atomic E-state index is 0.126. The van der Waals surface area contributed by atoms with E-state index in [-0.39, 0.29) is 5.91 Å². The summed E-state index contributed by atoms with van der Waals surface area (Å²) in [5.74, 6) is 1.58. The van der Waals surface area contributed by atoms with Crippen molar-refractivity contribution in [3.8, 4) is 11.5 Å². The molecule has 26 heavy (non-hydrogen) atoms. The molecule has 0 saturated carbocycles. The van der Waals surface area contributed by atoms with Gasteiger partial charge < -0.3 is 14.4 Å². The highest BCUT2D eigenvalue weighted by Gasteiger charge is 2.22. The molecule has 1 aliphatic heterocycles. The van der Waals surface area contributed by atoms with Crippen molar-refractivity contribution >= 4 is 17.2 Å². The molecule has 1 amide bonds. The fourth-order valence-electron chi connectivity index (χ4n) is 3.16. The van der Waals surface area contributed by atoms with Gasteiger partial charge in [0.1, 0.15) is 11.5 Å². The lowest BCUT2D eigenvalue weighted by Crippen LogP contribution is -2.48. The molecule has 1 saturated heterocycles. The summed E-state index contributed by atoms with van der Waals surface area (Å²) in [5.41, 5.74) is 1.98. The fourth-order valence-corrected chi connectivity index (χ4v) is 3.76. The molecule has 0 radical (unpaired) electrons. The van der Waals surface area contributed by atoms with E-state index in [9.17, 15) is 4.79 Å². The summed E-state index contributed by atoms with van der Waals surface area (Å²) >= 11 is 1.68. The van der Waals surface area contributed by atoms with Gasteiger partial charge in [-0.15, -0.1) is 11.3 Å². The summed E-state index contributed by atoms with van der Waals surface area (Å²) < 4.78 is 10.6. The maximum absolute atomic E-state index is 12.7. The topological polar surface area (TPSA) is 54.9 Å². The number of hydrogen-bond donors (Lipinski definition) is 0. The number of hydrogen-bond acceptors (Lipinski definition) is 6. The van der Waals surface area contributed by atoms with Crippen LogP contribution >= 0.6 is 11.3 Å². The Morgan fingerprint density at radius 2 is 1.96 bits per heavy atom. The van der Waals surface area contributed by atoms with Gasteiger partial charge in [-0.05, 0) is 25.1 Å². The number of ether oxygens (including phenoxy) is 2. The molecule has 1 aromatic heterocycles. The Balaban J connectivity index is 1.55. The molecule has 7 heteroatoms. The Morgan fingerprint density at radius 3 is 2.58 bits per heavy atom. The molecule has 1 aliphatic rings. The lowest BCUT2D eigenvalue weighted by atomic mass is 10.1. The van der Waals surface area contributed by atoms with E-state index < -0.39 is 0 Å². The number of aromatic nitrogens is 1. The molecule has 140 valence electrons. The second-order valence-electron chi connectivity index (χ2n) is 6.37. The number of carbonyl (C=O) groups excluding carboxylic acids is 1. The zero-order valence-electron chi connectivity index (χ0n) is 15.5. The standard InChI is InChI=1S/C19H25N3O3S/c1-14-20-16(13-26-14)12-21-6-8-22(9-7-21)19(23)11-15-10-17(24-2)4-5-18(15)25-3/h4-5,10,13H,6-9,11-12H2,1-3H3. The van der Waals surface area contributed by atoms with Gasteiger partial charge in [0, 0.05) is 43.7 Å². The molecule has 0 atom stereocenters. The van der Waals surface area contributed by atoms with Gasteiger partial charge in [-0.2, -0.15) is 0 Å². The summed E-state index contributed by atoms with van der Waals surface area (Å²) in [6.07, 6.45) is 0.325. The van der Waals surface area contributed by atoms with Gasteiger partial charge in [0.05, 0.1) is 31.3 Å². The van der Waals surface area contributed by atoms with E-state index in [0.717, 1.165) is 60.5 Å². The first-order valence-corrected chi connectivity index (χ1v) is 9.59. The van der Waals surface area contributed by atoms with Gasteiger partial charge in [0.15, 0.2) is 0 Å². The molecule has 0 unspecified atom stereocenters. The smallest absolute Gasteiger partial charge is 0.227 e. The molecule has 2 aromatic rings. The molecule has 0 bridgehead atoms. The predicted molar refractivity (Wildman–Crippen MR) is 102 cm³/mol. The number of benzene rings is 1. The van der Waals surface area contributed by atoms with Gasteiger partial charge in [0.2, 0.25) is 5.91 Å². The minimum Gasteiger partial charge on any atom is -0.497 e. The predicted octanol–water partition coefficient (Wildman–Crippen LogP) is 2.36. The number of aryl methyl sites for hydroxylation is 1. The van der Waals surface area contributed by atoms with Crippen LogP contribution in [0.3, 0.4) is 0 Å². The number of carbonyl (C=O) groups is 1. The number of methoxy groups -OCH3 is 2. The van der Waals surface area contributed by atoms with Crippen molar-refractivity contribution in [3.63, 3.8) is 0 Å². The summed E-state index contributed by atoms with van der Waals surface area (Å²) in [7, 11) is 3.24. The van der Waals surface area contributed by atoms with Crippen LogP contribution in [0.4, 0.5) is 0 Å². The second kappa shape index (κ2) is 8.51. The third kappa shape index (κ3) is 4.53. The zero-order chi connectivity index (χ0) is 18.5. The van der Waals surface area contributed by atoms with Crippen LogP contribution in [0, 0.1) is 6.92 Å². The normalized spacial score (nSPS) is 15.1. The largest absolute Gasteiger partial charge is 0.497 e. The van der Waals surface area contributed by atoms with Crippen molar-refractivity contribution in [2.45, 2.75) is 19.9 Å². The number of rotatable bonds is 6. The van der Waals surface area contributed by atoms with Crippen LogP contribution in [-0.4, -0.2) is 61.1 Å². The van der Waals surface area contributed by atoms with Crippen molar-refractivity contribution in [1.29, 1.82) is 0 Å². The number of thiazole rings is 1. The lowest BCUT2D eigenvalue weighted by Gasteiger charge is -2.34. The third-order valence-electron chi connectivity index (χ3n) is 4.61. The summed E-state index contributed by atoms with van der Waals surface area (Å²) in [5, 5.41) is 3.21. The maximum atomic E-state index is 12.7. The van der Waals surface area contributed by atoms with Gasteiger partial charge in [-0.1, -0.05) is 0 Å². The zero-order valence-corrected chi connectivity index (χ0v) is 16.3. The van der Waals surface area contributed by atoms with Gasteiger partial charge in [-0.25, -0.2) is 4.98 Å². The van der Waals surface area contributed by atoms with Crippen LogP contribution in [0.25, 0.3) is 0 Å². The second-order valence-corrected chi connectivity index (χ2v) is 7.43. The number of amides is 1. The molecule has 3 rings (SSSR count). The highest BCUT2D eigenvalue weighted by Crippen LogP contribution is 2.25. The Morgan fingerprint density at radius 1 is 1.19 bits per heavy atom. The van der Waals surface area contributed by atoms with Crippen LogP contribution < -0.4 is 9.47 Å². The average Bonchev–Trinajstić information content (AvgIpc) is 3.07. The van der Waals surface area contributed by atoms with E-state index in [0.29, 0.717) is 6.42 Å². The van der Waals surface area contributed by atoms with Crippen LogP contribution in [-0.2, 0) is 17.8 Å².